The molecule has 1 N–H and O–H groups in total. The average molecular weight is 162 g/mol. The van der Waals surface area contributed by atoms with Gasteiger partial charge in [0.05, 0.1) is 15.9 Å². The Hall–Kier alpha value is -1.93. The zero-order valence-electron chi connectivity index (χ0n) is 6.15. The highest BCUT2D eigenvalue weighted by molar-refractivity contribution is 6.39. The van der Waals surface area contributed by atoms with Gasteiger partial charge in [-0.3, -0.25) is 0 Å². The van der Waals surface area contributed by atoms with E-state index in [0.717, 1.165) is 0 Å². The fourth-order valence-electron chi connectivity index (χ4n) is 0.824. The van der Waals surface area contributed by atoms with E-state index in [-0.39, 0.29) is 5.71 Å². The van der Waals surface area contributed by atoms with Gasteiger partial charge in [-0.15, -0.1) is 0 Å². The molecule has 1 rings (SSSR count). The number of carbonyl (C=O) groups excluding carboxylic acids is 1. The quantitative estimate of drug-likeness (QED) is 0.360. The maximum Gasteiger partial charge on any atom is 0.394 e. The van der Waals surface area contributed by atoms with Crippen LogP contribution in [0.2, 0.25) is 0 Å². The first kappa shape index (κ1) is 8.17. The summed E-state index contributed by atoms with van der Waals surface area (Å²) in [5.41, 5.74) is 6.63. The predicted molar refractivity (Wildman–Crippen MR) is 38.5 cm³/mol. The van der Waals surface area contributed by atoms with Gasteiger partial charge in [0.2, 0.25) is 0 Å². The third-order valence-electron chi connectivity index (χ3n) is 1.35. The van der Waals surface area contributed by atoms with Crippen LogP contribution in [-0.4, -0.2) is 16.5 Å². The van der Waals surface area contributed by atoms with Gasteiger partial charge >= 0.3 is 5.71 Å². The summed E-state index contributed by atoms with van der Waals surface area (Å²) in [6.45, 7) is 0. The van der Waals surface area contributed by atoms with E-state index in [0.29, 0.717) is 5.56 Å². The van der Waals surface area contributed by atoms with Crippen molar-refractivity contribution in [3.8, 4) is 0 Å². The molecule has 0 saturated carbocycles. The fraction of sp³-hybridized carbons (Fsp3) is 0. The highest BCUT2D eigenvalue weighted by Crippen LogP contribution is 1.97. The molecule has 0 radical (unpaired) electrons. The lowest BCUT2D eigenvalue weighted by Gasteiger charge is -1.92. The number of benzene rings is 1. The van der Waals surface area contributed by atoms with E-state index in [1.54, 1.807) is 30.3 Å². The summed E-state index contributed by atoms with van der Waals surface area (Å²) in [5, 5.41) is 10.4. The molecule has 0 heterocycles. The van der Waals surface area contributed by atoms with Crippen molar-refractivity contribution in [3.05, 3.63) is 35.9 Å². The van der Waals surface area contributed by atoms with Gasteiger partial charge in [-0.05, 0) is 12.1 Å². The van der Waals surface area contributed by atoms with Gasteiger partial charge < -0.3 is 9.90 Å². The molecule has 4 nitrogen and oxygen atoms in total. The summed E-state index contributed by atoms with van der Waals surface area (Å²) in [6, 6.07) is 8.21. The first-order valence-electron chi connectivity index (χ1n) is 3.27. The molecule has 1 aromatic rings. The molecule has 0 bridgehead atoms. The molecule has 60 valence electrons. The minimum absolute atomic E-state index is 0.351. The number of nitrogens with zero attached hydrogens (tertiary/aromatic N) is 1. The maximum absolute atomic E-state index is 10.4. The standard InChI is InChI=1S/C8H6N2O2/c9-10-7(8(11)12)6-4-2-1-3-5-6/h1-5,9H. The fourth-order valence-corrected chi connectivity index (χ4v) is 0.824. The van der Waals surface area contributed by atoms with Gasteiger partial charge in [0, 0.05) is 0 Å². The molecular formula is C8H6N2O2. The summed E-state index contributed by atoms with van der Waals surface area (Å²) in [5.74, 6) is -1.43. The molecule has 0 amide bonds. The zero-order chi connectivity index (χ0) is 8.97. The van der Waals surface area contributed by atoms with Crippen molar-refractivity contribution in [1.82, 2.24) is 0 Å². The molecule has 0 fully saturated rings. The normalized spacial score (nSPS) is 8.67. The van der Waals surface area contributed by atoms with E-state index in [1.165, 1.54) is 0 Å². The van der Waals surface area contributed by atoms with Gasteiger partial charge in [-0.1, -0.05) is 18.2 Å². The number of rotatable bonds is 2. The van der Waals surface area contributed by atoms with Gasteiger partial charge in [0.25, 0.3) is 0 Å². The highest BCUT2D eigenvalue weighted by atomic mass is 16.4. The summed E-state index contributed by atoms with van der Waals surface area (Å²) < 4.78 is 0. The first-order chi connectivity index (χ1) is 5.75. The maximum atomic E-state index is 10.4. The zero-order valence-corrected chi connectivity index (χ0v) is 6.15. The lowest BCUT2D eigenvalue weighted by molar-refractivity contribution is -0.298. The molecule has 0 atom stereocenters. The topological polar surface area (TPSA) is 78.1 Å². The van der Waals surface area contributed by atoms with E-state index in [4.69, 9.17) is 5.53 Å². The predicted octanol–water partition coefficient (Wildman–Crippen LogP) is -0.535. The smallest absolute Gasteiger partial charge is 0.394 e. The molecule has 0 aliphatic rings. The van der Waals surface area contributed by atoms with Crippen LogP contribution >= 0.6 is 0 Å². The van der Waals surface area contributed by atoms with Crippen LogP contribution in [-0.2, 0) is 4.79 Å². The van der Waals surface area contributed by atoms with Crippen molar-refractivity contribution >= 4 is 11.7 Å². The molecule has 0 spiro atoms. The van der Waals surface area contributed by atoms with Crippen molar-refractivity contribution < 1.29 is 14.7 Å². The van der Waals surface area contributed by atoms with Crippen LogP contribution in [0.15, 0.2) is 30.3 Å². The van der Waals surface area contributed by atoms with Crippen molar-refractivity contribution in [2.45, 2.75) is 0 Å². The Labute approximate surface area is 68.7 Å². The average Bonchev–Trinajstić information content (AvgIpc) is 2.07. The van der Waals surface area contributed by atoms with Gasteiger partial charge in [-0.25, -0.2) is 0 Å². The Kier molecular flexibility index (Phi) is 2.35. The van der Waals surface area contributed by atoms with Crippen molar-refractivity contribution in [2.24, 2.45) is 0 Å². The first-order valence-corrected chi connectivity index (χ1v) is 3.27. The van der Waals surface area contributed by atoms with Crippen molar-refractivity contribution in [1.29, 1.82) is 5.53 Å². The minimum atomic E-state index is -1.43. The van der Waals surface area contributed by atoms with Crippen LogP contribution in [0.1, 0.15) is 5.56 Å². The van der Waals surface area contributed by atoms with Gasteiger partial charge in [0.15, 0.2) is 5.97 Å². The lowest BCUT2D eigenvalue weighted by Crippen LogP contribution is -2.32. The number of carboxylic acids is 1. The second-order valence-electron chi connectivity index (χ2n) is 2.11. The Morgan fingerprint density at radius 1 is 1.33 bits per heavy atom. The van der Waals surface area contributed by atoms with E-state index in [9.17, 15) is 9.90 Å². The van der Waals surface area contributed by atoms with Crippen molar-refractivity contribution in [3.63, 3.8) is 0 Å². The number of aliphatic carboxylic acids is 1. The number of nitrogens with one attached hydrogen (secondary N) is 1. The number of carbonyl (C=O) groups is 1. The summed E-state index contributed by atoms with van der Waals surface area (Å²) >= 11 is 0. The second kappa shape index (κ2) is 3.46. The summed E-state index contributed by atoms with van der Waals surface area (Å²) in [4.78, 5) is 13.2. The molecule has 4 heteroatoms. The van der Waals surface area contributed by atoms with Crippen LogP contribution in [0.4, 0.5) is 0 Å². The van der Waals surface area contributed by atoms with E-state index >= 15 is 0 Å². The van der Waals surface area contributed by atoms with Gasteiger partial charge in [0.1, 0.15) is 0 Å². The largest absolute Gasteiger partial charge is 0.538 e. The molecule has 0 aliphatic carbocycles. The van der Waals surface area contributed by atoms with E-state index in [1.807, 2.05) is 0 Å². The Bertz CT molecular complexity index is 339. The third-order valence-corrected chi connectivity index (χ3v) is 1.35. The molecule has 0 unspecified atom stereocenters. The second-order valence-corrected chi connectivity index (χ2v) is 2.11. The van der Waals surface area contributed by atoms with Crippen LogP contribution < -0.4 is 5.11 Å². The van der Waals surface area contributed by atoms with Crippen LogP contribution in [0.5, 0.6) is 0 Å². The lowest BCUT2D eigenvalue weighted by atomic mass is 10.1. The van der Waals surface area contributed by atoms with Crippen molar-refractivity contribution in [2.75, 3.05) is 0 Å². The Morgan fingerprint density at radius 2 is 1.92 bits per heavy atom. The molecule has 0 aromatic heterocycles. The van der Waals surface area contributed by atoms with E-state index in [2.05, 4.69) is 4.79 Å². The summed E-state index contributed by atoms with van der Waals surface area (Å²) in [7, 11) is 0. The molecular weight excluding hydrogens is 156 g/mol. The van der Waals surface area contributed by atoms with E-state index < -0.39 is 5.97 Å². The minimum Gasteiger partial charge on any atom is -0.538 e. The van der Waals surface area contributed by atoms with Crippen LogP contribution in [0.3, 0.4) is 0 Å². The highest BCUT2D eigenvalue weighted by Gasteiger charge is 2.14. The van der Waals surface area contributed by atoms with Crippen LogP contribution in [0.25, 0.3) is 0 Å². The molecule has 12 heavy (non-hydrogen) atoms. The Balaban J connectivity index is 3.14. The van der Waals surface area contributed by atoms with Crippen LogP contribution in [0, 0.1) is 5.53 Å². The number of hydrogen-bond acceptors (Lipinski definition) is 3. The number of hydrogen-bond donors (Lipinski definition) is 1. The molecule has 0 saturated heterocycles. The molecule has 0 aliphatic heterocycles. The summed E-state index contributed by atoms with van der Waals surface area (Å²) in [6.07, 6.45) is 0. The molecule has 1 aromatic carbocycles. The monoisotopic (exact) mass is 162 g/mol. The number of carboxylic acid groups (broad SMARTS) is 1. The SMILES string of the molecule is N=[N+]=C(C(=O)[O-])c1ccccc1. The third kappa shape index (κ3) is 1.56. The Morgan fingerprint density at radius 3 is 2.33 bits per heavy atom. The van der Waals surface area contributed by atoms with Gasteiger partial charge in [-0.2, -0.15) is 0 Å².